The number of aryl methyl sites for hydroxylation is 1. The number of alkyl halides is 3. The van der Waals surface area contributed by atoms with Crippen molar-refractivity contribution in [3.8, 4) is 5.75 Å². The summed E-state index contributed by atoms with van der Waals surface area (Å²) in [5, 5.41) is 8.51. The lowest BCUT2D eigenvalue weighted by atomic mass is 10.0. The molecule has 4 nitrogen and oxygen atoms in total. The molecule has 0 spiro atoms. The minimum atomic E-state index is -4.77. The summed E-state index contributed by atoms with van der Waals surface area (Å²) in [7, 11) is 0. The maximum atomic E-state index is 12.9. The van der Waals surface area contributed by atoms with E-state index in [1.165, 1.54) is 0 Å². The highest BCUT2D eigenvalue weighted by atomic mass is 19.4. The van der Waals surface area contributed by atoms with Gasteiger partial charge in [-0.25, -0.2) is 4.79 Å². The summed E-state index contributed by atoms with van der Waals surface area (Å²) in [5.41, 5.74) is 1.70. The van der Waals surface area contributed by atoms with E-state index >= 15 is 0 Å². The van der Waals surface area contributed by atoms with Crippen molar-refractivity contribution in [1.29, 1.82) is 0 Å². The fourth-order valence-corrected chi connectivity index (χ4v) is 1.90. The van der Waals surface area contributed by atoms with Crippen LogP contribution in [0.2, 0.25) is 0 Å². The number of benzene rings is 1. The molecule has 1 heterocycles. The van der Waals surface area contributed by atoms with Crippen molar-refractivity contribution in [3.05, 3.63) is 34.6 Å². The molecule has 0 radical (unpaired) electrons. The van der Waals surface area contributed by atoms with Gasteiger partial charge in [0.2, 0.25) is 0 Å². The fourth-order valence-electron chi connectivity index (χ4n) is 1.90. The Morgan fingerprint density at radius 2 is 2.00 bits per heavy atom. The minimum absolute atomic E-state index is 0.0880. The second-order valence-corrected chi connectivity index (χ2v) is 4.38. The smallest absolute Gasteiger partial charge is 0.472 e. The first-order valence-electron chi connectivity index (χ1n) is 5.66. The van der Waals surface area contributed by atoms with Crippen molar-refractivity contribution >= 4 is 12.2 Å². The molecule has 20 heavy (non-hydrogen) atoms. The van der Waals surface area contributed by atoms with Crippen LogP contribution in [0.4, 0.5) is 18.0 Å². The van der Waals surface area contributed by atoms with Gasteiger partial charge in [0.05, 0.1) is 0 Å². The molecule has 0 amide bonds. The van der Waals surface area contributed by atoms with Gasteiger partial charge in [0.25, 0.3) is 6.10 Å². The van der Waals surface area contributed by atoms with Crippen LogP contribution in [-0.4, -0.2) is 23.5 Å². The summed E-state index contributed by atoms with van der Waals surface area (Å²) in [6, 6.07) is 3.26. The number of fused-ring (bicyclic) bond motifs is 1. The van der Waals surface area contributed by atoms with E-state index in [1.807, 2.05) is 0 Å². The summed E-state index contributed by atoms with van der Waals surface area (Å²) in [6.07, 6.45) is -7.97. The van der Waals surface area contributed by atoms with Crippen LogP contribution in [0.15, 0.2) is 17.9 Å². The number of carbonyl (C=O) groups is 1. The summed E-state index contributed by atoms with van der Waals surface area (Å²) in [6.45, 7) is 3.38. The average Bonchev–Trinajstić information content (AvgIpc) is 2.31. The second kappa shape index (κ2) is 4.73. The highest BCUT2D eigenvalue weighted by Gasteiger charge is 2.48. The lowest BCUT2D eigenvalue weighted by Crippen LogP contribution is -2.39. The Bertz CT molecular complexity index is 590. The third-order valence-corrected chi connectivity index (χ3v) is 3.00. The topological polar surface area (TPSA) is 55.8 Å². The van der Waals surface area contributed by atoms with Crippen LogP contribution in [0.3, 0.4) is 0 Å². The van der Waals surface area contributed by atoms with E-state index in [-0.39, 0.29) is 5.75 Å². The monoisotopic (exact) mass is 288 g/mol. The quantitative estimate of drug-likeness (QED) is 0.801. The third-order valence-electron chi connectivity index (χ3n) is 3.00. The Morgan fingerprint density at radius 1 is 1.35 bits per heavy atom. The minimum Gasteiger partial charge on any atom is -0.472 e. The van der Waals surface area contributed by atoms with E-state index in [9.17, 15) is 18.0 Å². The Morgan fingerprint density at radius 3 is 2.55 bits per heavy atom. The Balaban J connectivity index is 2.53. The Hall–Kier alpha value is -2.18. The first-order chi connectivity index (χ1) is 9.20. The number of rotatable bonds is 1. The molecule has 0 fully saturated rings. The van der Waals surface area contributed by atoms with Crippen LogP contribution in [0.5, 0.6) is 5.75 Å². The molecule has 1 aliphatic rings. The highest BCUT2D eigenvalue weighted by Crippen LogP contribution is 2.39. The van der Waals surface area contributed by atoms with Crippen molar-refractivity contribution in [1.82, 2.24) is 0 Å². The molecule has 0 saturated heterocycles. The molecule has 2 rings (SSSR count). The number of hydrogen-bond acceptors (Lipinski definition) is 3. The molecule has 1 aromatic rings. The van der Waals surface area contributed by atoms with Crippen LogP contribution in [0.25, 0.3) is 6.08 Å². The molecule has 1 aliphatic heterocycles. The first kappa shape index (κ1) is 14.2. The van der Waals surface area contributed by atoms with Gasteiger partial charge >= 0.3 is 12.3 Å². The van der Waals surface area contributed by atoms with Crippen LogP contribution in [0, 0.1) is 13.8 Å². The Kier molecular flexibility index (Phi) is 3.37. The Labute approximate surface area is 112 Å². The SMILES string of the molecule is Cc1ccc2c(c1C)OC(C(F)(F)F)C(OC(=O)O)=C2. The normalized spacial score (nSPS) is 17.9. The van der Waals surface area contributed by atoms with Gasteiger partial charge in [0, 0.05) is 5.56 Å². The molecule has 1 unspecified atom stereocenters. The standard InChI is InChI=1S/C13H11F3O4/c1-6-3-4-8-5-9(19-12(17)18)11(13(14,15)16)20-10(8)7(6)2/h3-5,11H,1-2H3,(H,17,18). The van der Waals surface area contributed by atoms with Crippen molar-refractivity contribution in [3.63, 3.8) is 0 Å². The second-order valence-electron chi connectivity index (χ2n) is 4.38. The molecule has 1 atom stereocenters. The maximum Gasteiger partial charge on any atom is 0.511 e. The van der Waals surface area contributed by atoms with E-state index in [0.29, 0.717) is 11.1 Å². The summed E-state index contributed by atoms with van der Waals surface area (Å²) in [4.78, 5) is 10.5. The summed E-state index contributed by atoms with van der Waals surface area (Å²) >= 11 is 0. The number of halogens is 3. The number of ether oxygens (including phenoxy) is 2. The number of hydrogen-bond donors (Lipinski definition) is 1. The lowest BCUT2D eigenvalue weighted by molar-refractivity contribution is -0.191. The summed E-state index contributed by atoms with van der Waals surface area (Å²) < 4.78 is 47.9. The fraction of sp³-hybridized carbons (Fsp3) is 0.308. The molecular weight excluding hydrogens is 277 g/mol. The van der Waals surface area contributed by atoms with Gasteiger partial charge < -0.3 is 14.6 Å². The maximum absolute atomic E-state index is 12.9. The number of carboxylic acid groups (broad SMARTS) is 1. The zero-order chi connectivity index (χ0) is 15.1. The van der Waals surface area contributed by atoms with E-state index < -0.39 is 24.2 Å². The molecule has 0 bridgehead atoms. The zero-order valence-corrected chi connectivity index (χ0v) is 10.6. The van der Waals surface area contributed by atoms with E-state index in [1.54, 1.807) is 26.0 Å². The van der Waals surface area contributed by atoms with Gasteiger partial charge in [-0.1, -0.05) is 12.1 Å². The molecule has 108 valence electrons. The zero-order valence-electron chi connectivity index (χ0n) is 10.6. The van der Waals surface area contributed by atoms with E-state index in [4.69, 9.17) is 9.84 Å². The highest BCUT2D eigenvalue weighted by molar-refractivity contribution is 5.68. The first-order valence-corrected chi connectivity index (χ1v) is 5.66. The lowest BCUT2D eigenvalue weighted by Gasteiger charge is -2.28. The predicted molar refractivity (Wildman–Crippen MR) is 63.5 cm³/mol. The van der Waals surface area contributed by atoms with Crippen LogP contribution in [0.1, 0.15) is 16.7 Å². The van der Waals surface area contributed by atoms with Crippen LogP contribution < -0.4 is 4.74 Å². The van der Waals surface area contributed by atoms with Gasteiger partial charge in [-0.15, -0.1) is 0 Å². The largest absolute Gasteiger partial charge is 0.511 e. The van der Waals surface area contributed by atoms with E-state index in [0.717, 1.165) is 11.6 Å². The van der Waals surface area contributed by atoms with Gasteiger partial charge in [-0.05, 0) is 31.1 Å². The van der Waals surface area contributed by atoms with Crippen molar-refractivity contribution < 1.29 is 32.5 Å². The molecule has 0 aliphatic carbocycles. The molecule has 0 saturated carbocycles. The van der Waals surface area contributed by atoms with Gasteiger partial charge in [-0.2, -0.15) is 13.2 Å². The van der Waals surface area contributed by atoms with Crippen molar-refractivity contribution in [2.24, 2.45) is 0 Å². The van der Waals surface area contributed by atoms with Crippen molar-refractivity contribution in [2.75, 3.05) is 0 Å². The predicted octanol–water partition coefficient (Wildman–Crippen LogP) is 3.66. The summed E-state index contributed by atoms with van der Waals surface area (Å²) in [5.74, 6) is -0.703. The van der Waals surface area contributed by atoms with Gasteiger partial charge in [0.1, 0.15) is 5.75 Å². The average molecular weight is 288 g/mol. The van der Waals surface area contributed by atoms with E-state index in [2.05, 4.69) is 4.74 Å². The third kappa shape index (κ3) is 2.56. The molecule has 1 N–H and O–H groups in total. The van der Waals surface area contributed by atoms with Crippen LogP contribution in [-0.2, 0) is 4.74 Å². The molecule has 0 aromatic heterocycles. The molecular formula is C13H11F3O4. The van der Waals surface area contributed by atoms with Crippen molar-refractivity contribution in [2.45, 2.75) is 26.1 Å². The van der Waals surface area contributed by atoms with Gasteiger partial charge in [0.15, 0.2) is 5.76 Å². The molecule has 7 heteroatoms. The van der Waals surface area contributed by atoms with Crippen LogP contribution >= 0.6 is 0 Å². The van der Waals surface area contributed by atoms with Gasteiger partial charge in [-0.3, -0.25) is 0 Å². The molecule has 1 aromatic carbocycles.